The number of benzene rings is 1. The summed E-state index contributed by atoms with van der Waals surface area (Å²) in [6.07, 6.45) is 0.416. The molecule has 90 valence electrons. The molecule has 17 heavy (non-hydrogen) atoms. The zero-order chi connectivity index (χ0) is 13.0. The minimum Gasteiger partial charge on any atom is -0.487 e. The molecular formula is C11H11NO5. The topological polar surface area (TPSA) is 86.5 Å². The van der Waals surface area contributed by atoms with Crippen molar-refractivity contribution >= 4 is 17.8 Å². The van der Waals surface area contributed by atoms with Crippen LogP contribution in [0, 0.1) is 10.1 Å². The molecule has 6 heteroatoms. The van der Waals surface area contributed by atoms with E-state index in [2.05, 4.69) is 0 Å². The molecule has 0 aliphatic rings. The zero-order valence-electron chi connectivity index (χ0n) is 9.43. The molecule has 0 atom stereocenters. The Morgan fingerprint density at radius 3 is 2.59 bits per heavy atom. The highest BCUT2D eigenvalue weighted by Crippen LogP contribution is 2.30. The van der Waals surface area contributed by atoms with E-state index in [0.29, 0.717) is 6.29 Å². The quantitative estimate of drug-likeness (QED) is 0.338. The lowest BCUT2D eigenvalue weighted by Crippen LogP contribution is -2.04. The van der Waals surface area contributed by atoms with E-state index in [9.17, 15) is 19.7 Å². The molecule has 1 aromatic rings. The standard InChI is InChI=1S/C11H11NO5/c1-3-17-11-5-9(7(2)14)8(6-13)4-10(11)12(15)16/h4-6H,3H2,1-2H3. The maximum atomic E-state index is 11.3. The minimum atomic E-state index is -0.651. The van der Waals surface area contributed by atoms with Gasteiger partial charge in [0.15, 0.2) is 17.8 Å². The lowest BCUT2D eigenvalue weighted by atomic mass is 10.0. The van der Waals surface area contributed by atoms with E-state index in [1.165, 1.54) is 13.0 Å². The van der Waals surface area contributed by atoms with Crippen molar-refractivity contribution in [3.05, 3.63) is 33.4 Å². The van der Waals surface area contributed by atoms with Crippen molar-refractivity contribution in [2.24, 2.45) is 0 Å². The third-order valence-corrected chi connectivity index (χ3v) is 2.13. The number of ether oxygens (including phenoxy) is 1. The average Bonchev–Trinajstić information content (AvgIpc) is 2.28. The molecule has 0 aliphatic heterocycles. The Balaban J connectivity index is 3.47. The highest BCUT2D eigenvalue weighted by Gasteiger charge is 2.20. The van der Waals surface area contributed by atoms with Crippen LogP contribution in [0.3, 0.4) is 0 Å². The Labute approximate surface area is 97.3 Å². The molecule has 0 aliphatic carbocycles. The van der Waals surface area contributed by atoms with Gasteiger partial charge < -0.3 is 4.74 Å². The van der Waals surface area contributed by atoms with Crippen LogP contribution >= 0.6 is 0 Å². The van der Waals surface area contributed by atoms with Crippen LogP contribution in [-0.2, 0) is 0 Å². The van der Waals surface area contributed by atoms with Gasteiger partial charge in [-0.05, 0) is 19.9 Å². The van der Waals surface area contributed by atoms with Crippen molar-refractivity contribution in [3.63, 3.8) is 0 Å². The fourth-order valence-electron chi connectivity index (χ4n) is 1.40. The molecule has 0 radical (unpaired) electrons. The smallest absolute Gasteiger partial charge is 0.311 e. The van der Waals surface area contributed by atoms with Crippen LogP contribution in [-0.4, -0.2) is 23.6 Å². The van der Waals surface area contributed by atoms with E-state index < -0.39 is 4.92 Å². The zero-order valence-corrected chi connectivity index (χ0v) is 9.43. The number of Topliss-reactive ketones (excluding diaryl/α,β-unsaturated/α-hetero) is 1. The van der Waals surface area contributed by atoms with Crippen LogP contribution in [0.15, 0.2) is 12.1 Å². The summed E-state index contributed by atoms with van der Waals surface area (Å²) >= 11 is 0. The first-order valence-electron chi connectivity index (χ1n) is 4.92. The second kappa shape index (κ2) is 5.20. The minimum absolute atomic E-state index is 0.00620. The van der Waals surface area contributed by atoms with Crippen molar-refractivity contribution in [1.82, 2.24) is 0 Å². The molecule has 0 unspecified atom stereocenters. The Hall–Kier alpha value is -2.24. The van der Waals surface area contributed by atoms with E-state index in [-0.39, 0.29) is 35.0 Å². The van der Waals surface area contributed by atoms with Crippen LogP contribution in [0.2, 0.25) is 0 Å². The SMILES string of the molecule is CCOc1cc(C(C)=O)c(C=O)cc1[N+](=O)[O-]. The second-order valence-corrected chi connectivity index (χ2v) is 3.27. The van der Waals surface area contributed by atoms with Crippen molar-refractivity contribution in [2.45, 2.75) is 13.8 Å². The fraction of sp³-hybridized carbons (Fsp3) is 0.273. The molecule has 0 saturated carbocycles. The first-order valence-corrected chi connectivity index (χ1v) is 4.92. The Morgan fingerprint density at radius 2 is 2.18 bits per heavy atom. The van der Waals surface area contributed by atoms with Crippen LogP contribution in [0.5, 0.6) is 5.75 Å². The van der Waals surface area contributed by atoms with E-state index in [1.54, 1.807) is 6.92 Å². The average molecular weight is 237 g/mol. The third kappa shape index (κ3) is 2.66. The predicted octanol–water partition coefficient (Wildman–Crippen LogP) is 2.01. The normalized spacial score (nSPS) is 9.76. The van der Waals surface area contributed by atoms with Crippen molar-refractivity contribution in [2.75, 3.05) is 6.61 Å². The molecular weight excluding hydrogens is 226 g/mol. The lowest BCUT2D eigenvalue weighted by Gasteiger charge is -2.07. The van der Waals surface area contributed by atoms with Gasteiger partial charge in [0.25, 0.3) is 0 Å². The van der Waals surface area contributed by atoms with Gasteiger partial charge in [0.2, 0.25) is 0 Å². The van der Waals surface area contributed by atoms with Gasteiger partial charge in [0.05, 0.1) is 11.5 Å². The third-order valence-electron chi connectivity index (χ3n) is 2.13. The largest absolute Gasteiger partial charge is 0.487 e. The number of hydrogen-bond donors (Lipinski definition) is 0. The Bertz CT molecular complexity index is 481. The molecule has 0 saturated heterocycles. The summed E-state index contributed by atoms with van der Waals surface area (Å²) in [5, 5.41) is 10.8. The second-order valence-electron chi connectivity index (χ2n) is 3.27. The van der Waals surface area contributed by atoms with Gasteiger partial charge in [-0.2, -0.15) is 0 Å². The first-order chi connectivity index (χ1) is 8.01. The fourth-order valence-corrected chi connectivity index (χ4v) is 1.40. The summed E-state index contributed by atoms with van der Waals surface area (Å²) in [4.78, 5) is 32.2. The lowest BCUT2D eigenvalue weighted by molar-refractivity contribution is -0.385. The maximum Gasteiger partial charge on any atom is 0.311 e. The summed E-state index contributed by atoms with van der Waals surface area (Å²) in [7, 11) is 0. The van der Waals surface area contributed by atoms with E-state index in [1.807, 2.05) is 0 Å². The summed E-state index contributed by atoms with van der Waals surface area (Å²) in [5.74, 6) is -0.351. The molecule has 0 bridgehead atoms. The molecule has 0 spiro atoms. The number of carbonyl (C=O) groups is 2. The number of nitrogens with zero attached hydrogens (tertiary/aromatic N) is 1. The van der Waals surface area contributed by atoms with Gasteiger partial charge in [0.1, 0.15) is 0 Å². The van der Waals surface area contributed by atoms with E-state index in [0.717, 1.165) is 6.07 Å². The van der Waals surface area contributed by atoms with Gasteiger partial charge in [0, 0.05) is 17.2 Å². The number of ketones is 1. The Morgan fingerprint density at radius 1 is 1.53 bits per heavy atom. The number of nitro groups is 1. The van der Waals surface area contributed by atoms with Gasteiger partial charge in [-0.3, -0.25) is 19.7 Å². The van der Waals surface area contributed by atoms with E-state index in [4.69, 9.17) is 4.74 Å². The summed E-state index contributed by atoms with van der Waals surface area (Å²) in [5.41, 5.74) is -0.208. The molecule has 1 rings (SSSR count). The molecule has 1 aromatic carbocycles. The monoisotopic (exact) mass is 237 g/mol. The molecule has 0 heterocycles. The van der Waals surface area contributed by atoms with Crippen LogP contribution in [0.4, 0.5) is 5.69 Å². The van der Waals surface area contributed by atoms with Gasteiger partial charge in [-0.1, -0.05) is 0 Å². The van der Waals surface area contributed by atoms with Crippen molar-refractivity contribution in [3.8, 4) is 5.75 Å². The summed E-state index contributed by atoms with van der Waals surface area (Å²) in [6.45, 7) is 3.19. The number of aldehydes is 1. The number of hydrogen-bond acceptors (Lipinski definition) is 5. The van der Waals surface area contributed by atoms with Crippen molar-refractivity contribution < 1.29 is 19.2 Å². The van der Waals surface area contributed by atoms with E-state index >= 15 is 0 Å². The highest BCUT2D eigenvalue weighted by atomic mass is 16.6. The Kier molecular flexibility index (Phi) is 3.92. The number of nitro benzene ring substituents is 1. The van der Waals surface area contributed by atoms with Gasteiger partial charge >= 0.3 is 5.69 Å². The van der Waals surface area contributed by atoms with Crippen molar-refractivity contribution in [1.29, 1.82) is 0 Å². The first kappa shape index (κ1) is 12.8. The molecule has 0 N–H and O–H groups in total. The van der Waals surface area contributed by atoms with Crippen LogP contribution in [0.25, 0.3) is 0 Å². The molecule has 0 amide bonds. The molecule has 0 fully saturated rings. The molecule has 0 aromatic heterocycles. The van der Waals surface area contributed by atoms with Crippen LogP contribution in [0.1, 0.15) is 34.6 Å². The number of carbonyl (C=O) groups excluding carboxylic acids is 2. The van der Waals surface area contributed by atoms with Crippen LogP contribution < -0.4 is 4.74 Å². The van der Waals surface area contributed by atoms with Gasteiger partial charge in [-0.25, -0.2) is 0 Å². The summed E-state index contributed by atoms with van der Waals surface area (Å²) < 4.78 is 5.08. The number of rotatable bonds is 5. The predicted molar refractivity (Wildman–Crippen MR) is 59.7 cm³/mol. The van der Waals surface area contributed by atoms with Gasteiger partial charge in [-0.15, -0.1) is 0 Å². The maximum absolute atomic E-state index is 11.3. The summed E-state index contributed by atoms with van der Waals surface area (Å²) in [6, 6.07) is 2.28. The molecule has 6 nitrogen and oxygen atoms in total. The highest BCUT2D eigenvalue weighted by molar-refractivity contribution is 6.02.